The molecule has 6 rings (SSSR count). The van der Waals surface area contributed by atoms with Gasteiger partial charge in [0.1, 0.15) is 5.82 Å². The van der Waals surface area contributed by atoms with Gasteiger partial charge in [-0.3, -0.25) is 0 Å². The average Bonchev–Trinajstić information content (AvgIpc) is 3.40. The summed E-state index contributed by atoms with van der Waals surface area (Å²) in [6.45, 7) is 2.97. The van der Waals surface area contributed by atoms with E-state index < -0.39 is 5.76 Å². The molecule has 3 aromatic carbocycles. The maximum Gasteiger partial charge on any atom is 0.434 e. The normalized spacial score (nSPS) is 14.1. The van der Waals surface area contributed by atoms with Crippen molar-refractivity contribution in [3.63, 3.8) is 0 Å². The molecule has 0 fully saturated rings. The smallest absolute Gasteiger partial charge is 0.388 e. The van der Waals surface area contributed by atoms with Crippen LogP contribution in [0, 0.1) is 0 Å². The number of rotatable bonds is 5. The van der Waals surface area contributed by atoms with Crippen molar-refractivity contribution in [1.29, 1.82) is 0 Å². The number of nitrogens with one attached hydrogen (secondary N) is 1. The zero-order valence-electron chi connectivity index (χ0n) is 19.6. The lowest BCUT2D eigenvalue weighted by Gasteiger charge is -2.14. The molecule has 1 N–H and O–H groups in total. The van der Waals surface area contributed by atoms with E-state index >= 15 is 0 Å². The van der Waals surface area contributed by atoms with Gasteiger partial charge in [-0.25, -0.2) is 14.9 Å². The number of H-pyrrole nitrogens is 1. The van der Waals surface area contributed by atoms with Crippen LogP contribution in [0.1, 0.15) is 52.9 Å². The van der Waals surface area contributed by atoms with Gasteiger partial charge in [-0.2, -0.15) is 0 Å². The topological polar surface area (TPSA) is 76.7 Å². The van der Waals surface area contributed by atoms with Crippen molar-refractivity contribution in [1.82, 2.24) is 19.7 Å². The third kappa shape index (κ3) is 4.01. The second-order valence-corrected chi connectivity index (χ2v) is 9.01. The van der Waals surface area contributed by atoms with E-state index in [1.807, 2.05) is 18.2 Å². The molecule has 1 aliphatic carbocycles. The molecule has 0 atom stereocenters. The molecule has 0 bridgehead atoms. The molecule has 6 nitrogen and oxygen atoms in total. The minimum absolute atomic E-state index is 0.283. The monoisotopic (exact) mass is 462 g/mol. The molecule has 0 saturated carbocycles. The predicted molar refractivity (Wildman–Crippen MR) is 137 cm³/mol. The van der Waals surface area contributed by atoms with Crippen LogP contribution < -0.4 is 5.76 Å². The first-order valence-electron chi connectivity index (χ1n) is 12.1. The van der Waals surface area contributed by atoms with E-state index in [0.717, 1.165) is 60.3 Å². The molecule has 0 spiro atoms. The lowest BCUT2D eigenvalue weighted by atomic mass is 9.92. The van der Waals surface area contributed by atoms with E-state index in [-0.39, 0.29) is 5.89 Å². The number of nitrogens with zero attached hydrogens (tertiary/aromatic N) is 3. The molecule has 2 heterocycles. The van der Waals surface area contributed by atoms with Crippen LogP contribution in [0.5, 0.6) is 0 Å². The van der Waals surface area contributed by atoms with Gasteiger partial charge in [0.25, 0.3) is 0 Å². The number of aryl methyl sites for hydroxylation is 3. The van der Waals surface area contributed by atoms with Gasteiger partial charge in [-0.1, -0.05) is 61.5 Å². The predicted octanol–water partition coefficient (Wildman–Crippen LogP) is 5.40. The minimum Gasteiger partial charge on any atom is -0.388 e. The van der Waals surface area contributed by atoms with Gasteiger partial charge in [0.15, 0.2) is 0 Å². The summed E-state index contributed by atoms with van der Waals surface area (Å²) in [7, 11) is 0. The van der Waals surface area contributed by atoms with Crippen LogP contribution in [0.15, 0.2) is 75.9 Å². The Bertz CT molecular complexity index is 1620. The third-order valence-electron chi connectivity index (χ3n) is 6.70. The highest BCUT2D eigenvalue weighted by Crippen LogP contribution is 2.35. The van der Waals surface area contributed by atoms with Crippen LogP contribution >= 0.6 is 0 Å². The van der Waals surface area contributed by atoms with Gasteiger partial charge in [-0.05, 0) is 64.8 Å². The third-order valence-corrected chi connectivity index (χ3v) is 6.70. The van der Waals surface area contributed by atoms with E-state index in [1.54, 1.807) is 0 Å². The Hall–Kier alpha value is -4.19. The zero-order chi connectivity index (χ0) is 23.8. The Labute approximate surface area is 203 Å². The SMILES string of the molecule is CCCc1nc2ccccc2n1Cc1ccc2c(c1)CCc1ccccc1C2=Cc1n[nH]c(=O)o1. The molecule has 174 valence electrons. The Kier molecular flexibility index (Phi) is 5.41. The standard InChI is InChI=1S/C29H26N4O2/c1-2-7-27-30-25-10-5-6-11-26(25)33(27)18-19-12-15-23-21(16-19)14-13-20-8-3-4-9-22(20)24(23)17-28-31-32-29(34)35-28/h3-6,8-12,15-17H,2,7,13-14,18H2,1H3,(H,32,34). The highest BCUT2D eigenvalue weighted by molar-refractivity contribution is 5.93. The number of imidazole rings is 1. The first-order chi connectivity index (χ1) is 17.2. The largest absolute Gasteiger partial charge is 0.434 e. The number of aromatic amines is 1. The summed E-state index contributed by atoms with van der Waals surface area (Å²) in [6, 6.07) is 23.5. The lowest BCUT2D eigenvalue weighted by molar-refractivity contribution is 0.504. The molecule has 1 aliphatic rings. The van der Waals surface area contributed by atoms with Gasteiger partial charge in [-0.15, -0.1) is 5.10 Å². The van der Waals surface area contributed by atoms with E-state index in [2.05, 4.69) is 76.3 Å². The van der Waals surface area contributed by atoms with E-state index in [4.69, 9.17) is 9.40 Å². The van der Waals surface area contributed by atoms with Gasteiger partial charge < -0.3 is 8.98 Å². The number of hydrogen-bond acceptors (Lipinski definition) is 4. The van der Waals surface area contributed by atoms with E-state index in [9.17, 15) is 4.79 Å². The highest BCUT2D eigenvalue weighted by Gasteiger charge is 2.20. The van der Waals surface area contributed by atoms with Crippen LogP contribution in [-0.2, 0) is 25.8 Å². The molecular formula is C29H26N4O2. The van der Waals surface area contributed by atoms with Gasteiger partial charge in [0.2, 0.25) is 5.89 Å². The summed E-state index contributed by atoms with van der Waals surface area (Å²) in [4.78, 5) is 16.4. The van der Waals surface area contributed by atoms with Gasteiger partial charge in [0.05, 0.1) is 11.0 Å². The molecule has 0 aliphatic heterocycles. The fraction of sp³-hybridized carbons (Fsp3) is 0.207. The Morgan fingerprint density at radius 2 is 1.80 bits per heavy atom. The van der Waals surface area contributed by atoms with Crippen molar-refractivity contribution in [3.8, 4) is 0 Å². The molecule has 5 aromatic rings. The van der Waals surface area contributed by atoms with Gasteiger partial charge >= 0.3 is 5.76 Å². The first kappa shape index (κ1) is 21.4. The minimum atomic E-state index is -0.551. The summed E-state index contributed by atoms with van der Waals surface area (Å²) in [5, 5.41) is 6.38. The second-order valence-electron chi connectivity index (χ2n) is 9.01. The van der Waals surface area contributed by atoms with Crippen LogP contribution in [0.4, 0.5) is 0 Å². The molecule has 0 amide bonds. The van der Waals surface area contributed by atoms with E-state index in [1.165, 1.54) is 22.2 Å². The van der Waals surface area contributed by atoms with Crippen molar-refractivity contribution < 1.29 is 4.42 Å². The van der Waals surface area contributed by atoms with Gasteiger partial charge in [0, 0.05) is 19.0 Å². The summed E-state index contributed by atoms with van der Waals surface area (Å²) >= 11 is 0. The van der Waals surface area contributed by atoms with Crippen molar-refractivity contribution in [2.75, 3.05) is 0 Å². The quantitative estimate of drug-likeness (QED) is 0.379. The molecular weight excluding hydrogens is 436 g/mol. The van der Waals surface area contributed by atoms with Crippen molar-refractivity contribution in [2.24, 2.45) is 0 Å². The average molecular weight is 463 g/mol. The number of para-hydroxylation sites is 2. The number of aromatic nitrogens is 4. The Balaban J connectivity index is 1.44. The molecule has 35 heavy (non-hydrogen) atoms. The fourth-order valence-corrected chi connectivity index (χ4v) is 5.11. The van der Waals surface area contributed by atoms with Crippen molar-refractivity contribution >= 4 is 22.7 Å². The first-order valence-corrected chi connectivity index (χ1v) is 12.1. The summed E-state index contributed by atoms with van der Waals surface area (Å²) in [5.74, 6) is 0.862. The van der Waals surface area contributed by atoms with E-state index in [0.29, 0.717) is 0 Å². The molecule has 6 heteroatoms. The Morgan fingerprint density at radius 1 is 1.00 bits per heavy atom. The molecule has 0 unspecified atom stereocenters. The van der Waals surface area contributed by atoms with Crippen LogP contribution in [-0.4, -0.2) is 19.7 Å². The summed E-state index contributed by atoms with van der Waals surface area (Å²) in [5.41, 5.74) is 9.35. The maximum atomic E-state index is 11.5. The second kappa shape index (κ2) is 8.87. The number of hydrogen-bond donors (Lipinski definition) is 1. The Morgan fingerprint density at radius 3 is 2.66 bits per heavy atom. The van der Waals surface area contributed by atoms with Crippen molar-refractivity contribution in [3.05, 3.63) is 117 Å². The maximum absolute atomic E-state index is 11.5. The fourth-order valence-electron chi connectivity index (χ4n) is 5.11. The van der Waals surface area contributed by atoms with Crippen LogP contribution in [0.25, 0.3) is 22.7 Å². The van der Waals surface area contributed by atoms with Crippen LogP contribution in [0.2, 0.25) is 0 Å². The van der Waals surface area contributed by atoms with Crippen LogP contribution in [0.3, 0.4) is 0 Å². The number of fused-ring (bicyclic) bond motifs is 3. The lowest BCUT2D eigenvalue weighted by Crippen LogP contribution is -2.06. The summed E-state index contributed by atoms with van der Waals surface area (Å²) < 4.78 is 7.57. The molecule has 0 saturated heterocycles. The highest BCUT2D eigenvalue weighted by atomic mass is 16.4. The molecule has 2 aromatic heterocycles. The summed E-state index contributed by atoms with van der Waals surface area (Å²) in [6.07, 6.45) is 5.77. The number of benzene rings is 3. The molecule has 0 radical (unpaired) electrons. The van der Waals surface area contributed by atoms with Crippen molar-refractivity contribution in [2.45, 2.75) is 39.2 Å². The zero-order valence-corrected chi connectivity index (χ0v) is 19.6.